The van der Waals surface area contributed by atoms with Crippen molar-refractivity contribution in [2.45, 2.75) is 6.42 Å². The van der Waals surface area contributed by atoms with E-state index < -0.39 is 0 Å². The number of benzene rings is 5. The number of hydrogen-bond donors (Lipinski definition) is 0. The molecule has 2 aromatic heterocycles. The molecule has 0 unspecified atom stereocenters. The molecule has 7 rings (SSSR count). The van der Waals surface area contributed by atoms with Crippen LogP contribution in [-0.2, 0) is 6.42 Å². The fraction of sp³-hybridized carbons (Fsp3) is 0.0244. The van der Waals surface area contributed by atoms with Gasteiger partial charge in [-0.1, -0.05) is 140 Å². The van der Waals surface area contributed by atoms with Crippen LogP contribution in [0.4, 0.5) is 0 Å². The molecule has 210 valence electrons. The van der Waals surface area contributed by atoms with Crippen molar-refractivity contribution in [3.8, 4) is 39.3 Å². The molecule has 0 atom stereocenters. The first-order valence-electron chi connectivity index (χ1n) is 14.9. The second kappa shape index (κ2) is 12.2. The normalized spacial score (nSPS) is 11.6. The van der Waals surface area contributed by atoms with Gasteiger partial charge in [0.1, 0.15) is 5.82 Å². The zero-order valence-corrected chi connectivity index (χ0v) is 24.3. The minimum Gasteiger partial charge on any atom is -0.309 e. The van der Waals surface area contributed by atoms with E-state index in [2.05, 4.69) is 132 Å². The summed E-state index contributed by atoms with van der Waals surface area (Å²) in [4.78, 5) is 9.80. The van der Waals surface area contributed by atoms with Crippen molar-refractivity contribution in [1.82, 2.24) is 14.5 Å². The Kier molecular flexibility index (Phi) is 7.51. The molecule has 0 spiro atoms. The third-order valence-corrected chi connectivity index (χ3v) is 7.86. The molecule has 0 radical (unpaired) electrons. The molecule has 0 bridgehead atoms. The van der Waals surface area contributed by atoms with Gasteiger partial charge in [0.05, 0.1) is 22.4 Å². The summed E-state index contributed by atoms with van der Waals surface area (Å²) in [7, 11) is 0. The van der Waals surface area contributed by atoms with Gasteiger partial charge in [-0.2, -0.15) is 0 Å². The first kappa shape index (κ1) is 27.1. The highest BCUT2D eigenvalue weighted by atomic mass is 15.0. The first-order chi connectivity index (χ1) is 21.8. The number of allylic oxidation sites excluding steroid dienone is 5. The van der Waals surface area contributed by atoms with E-state index in [1.54, 1.807) is 6.08 Å². The molecular weight excluding hydrogens is 534 g/mol. The van der Waals surface area contributed by atoms with Gasteiger partial charge in [0.15, 0.2) is 0 Å². The topological polar surface area (TPSA) is 30.7 Å². The number of para-hydroxylation sites is 2. The lowest BCUT2D eigenvalue weighted by molar-refractivity contribution is 0.998. The maximum Gasteiger partial charge on any atom is 0.133 e. The third kappa shape index (κ3) is 5.39. The number of hydrogen-bond acceptors (Lipinski definition) is 2. The number of rotatable bonds is 8. The molecule has 3 heteroatoms. The molecule has 7 aromatic rings. The molecule has 3 nitrogen and oxygen atoms in total. The summed E-state index contributed by atoms with van der Waals surface area (Å²) in [5.41, 5.74) is 9.90. The van der Waals surface area contributed by atoms with E-state index in [1.807, 2.05) is 36.4 Å². The van der Waals surface area contributed by atoms with E-state index in [9.17, 15) is 0 Å². The minimum absolute atomic E-state index is 0.644. The average molecular weight is 566 g/mol. The van der Waals surface area contributed by atoms with Crippen LogP contribution in [0.2, 0.25) is 0 Å². The fourth-order valence-electron chi connectivity index (χ4n) is 5.72. The molecule has 0 saturated heterocycles. The van der Waals surface area contributed by atoms with Crippen LogP contribution in [0.3, 0.4) is 0 Å². The van der Waals surface area contributed by atoms with E-state index in [0.29, 0.717) is 6.42 Å². The zero-order valence-electron chi connectivity index (χ0n) is 24.3. The predicted molar refractivity (Wildman–Crippen MR) is 185 cm³/mol. The highest BCUT2D eigenvalue weighted by molar-refractivity contribution is 6.09. The zero-order chi connectivity index (χ0) is 29.7. The van der Waals surface area contributed by atoms with Crippen molar-refractivity contribution in [2.75, 3.05) is 0 Å². The lowest BCUT2D eigenvalue weighted by Gasteiger charge is -2.11. The summed E-state index contributed by atoms with van der Waals surface area (Å²) >= 11 is 0. The van der Waals surface area contributed by atoms with Crippen LogP contribution < -0.4 is 0 Å². The van der Waals surface area contributed by atoms with E-state index >= 15 is 0 Å². The Labute approximate surface area is 257 Å². The lowest BCUT2D eigenvalue weighted by atomic mass is 10.0. The van der Waals surface area contributed by atoms with Gasteiger partial charge in [-0.25, -0.2) is 9.97 Å². The van der Waals surface area contributed by atoms with Crippen LogP contribution >= 0.6 is 0 Å². The van der Waals surface area contributed by atoms with E-state index in [0.717, 1.165) is 39.6 Å². The van der Waals surface area contributed by atoms with Crippen molar-refractivity contribution in [1.29, 1.82) is 0 Å². The van der Waals surface area contributed by atoms with Gasteiger partial charge >= 0.3 is 0 Å². The highest BCUT2D eigenvalue weighted by Crippen LogP contribution is 2.33. The maximum atomic E-state index is 4.93. The van der Waals surface area contributed by atoms with Crippen LogP contribution in [0.25, 0.3) is 61.1 Å². The Morgan fingerprint density at radius 1 is 0.523 bits per heavy atom. The lowest BCUT2D eigenvalue weighted by Crippen LogP contribution is -1.98. The molecule has 2 heterocycles. The largest absolute Gasteiger partial charge is 0.309 e. The van der Waals surface area contributed by atoms with Gasteiger partial charge in [-0.3, -0.25) is 0 Å². The Morgan fingerprint density at radius 3 is 1.66 bits per heavy atom. The van der Waals surface area contributed by atoms with Crippen LogP contribution in [0, 0.1) is 0 Å². The van der Waals surface area contributed by atoms with Gasteiger partial charge in [0.25, 0.3) is 0 Å². The van der Waals surface area contributed by atoms with Gasteiger partial charge in [-0.05, 0) is 41.5 Å². The molecule has 44 heavy (non-hydrogen) atoms. The maximum absolute atomic E-state index is 4.93. The van der Waals surface area contributed by atoms with Crippen LogP contribution in [0.5, 0.6) is 0 Å². The number of fused-ring (bicyclic) bond motifs is 3. The van der Waals surface area contributed by atoms with Crippen LogP contribution in [0.1, 0.15) is 5.82 Å². The van der Waals surface area contributed by atoms with Crippen molar-refractivity contribution in [3.05, 3.63) is 176 Å². The standard InChI is InChI=1S/C41H31N3/c1-2-3-4-5-9-20-41-42-37(32-14-7-6-8-15-32)29-38(43-41)33-23-21-30(22-24-33)31-25-27-34(28-26-31)44-39-18-12-10-16-35(39)36-17-11-13-19-40(36)44/h2-19,21-29H,1,20H2/b4-3-,9-5-. The number of nitrogens with zero attached hydrogens (tertiary/aromatic N) is 3. The van der Waals surface area contributed by atoms with Crippen molar-refractivity contribution in [3.63, 3.8) is 0 Å². The van der Waals surface area contributed by atoms with Gasteiger partial charge in [0, 0.05) is 34.0 Å². The highest BCUT2D eigenvalue weighted by Gasteiger charge is 2.12. The van der Waals surface area contributed by atoms with Crippen LogP contribution in [-0.4, -0.2) is 14.5 Å². The Balaban J connectivity index is 1.19. The monoisotopic (exact) mass is 565 g/mol. The SMILES string of the molecule is C=C/C=C\C=C/Cc1nc(-c2ccccc2)cc(-c2ccc(-c3ccc(-n4c5ccccc5c5ccccc54)cc3)cc2)n1. The summed E-state index contributed by atoms with van der Waals surface area (Å²) in [6, 6.07) is 47.1. The van der Waals surface area contributed by atoms with Crippen molar-refractivity contribution >= 4 is 21.8 Å². The second-order valence-electron chi connectivity index (χ2n) is 10.7. The van der Waals surface area contributed by atoms with E-state index in [1.165, 1.54) is 27.4 Å². The van der Waals surface area contributed by atoms with Gasteiger partial charge < -0.3 is 4.57 Å². The minimum atomic E-state index is 0.644. The summed E-state index contributed by atoms with van der Waals surface area (Å²) in [6.07, 6.45) is 10.3. The molecular formula is C41H31N3. The van der Waals surface area contributed by atoms with Gasteiger partial charge in [-0.15, -0.1) is 0 Å². The van der Waals surface area contributed by atoms with Crippen molar-refractivity contribution in [2.24, 2.45) is 0 Å². The summed E-state index contributed by atoms with van der Waals surface area (Å²) < 4.78 is 2.35. The molecule has 0 aliphatic rings. The first-order valence-corrected chi connectivity index (χ1v) is 14.9. The summed E-state index contributed by atoms with van der Waals surface area (Å²) in [5.74, 6) is 0.786. The smallest absolute Gasteiger partial charge is 0.133 e. The fourth-order valence-corrected chi connectivity index (χ4v) is 5.72. The summed E-state index contributed by atoms with van der Waals surface area (Å²) in [6.45, 7) is 3.72. The average Bonchev–Trinajstić information content (AvgIpc) is 3.43. The molecule has 0 aliphatic heterocycles. The second-order valence-corrected chi connectivity index (χ2v) is 10.7. The Hall–Kier alpha value is -5.80. The molecule has 0 fully saturated rings. The molecule has 5 aromatic carbocycles. The molecule has 0 saturated carbocycles. The quantitative estimate of drug-likeness (QED) is 0.172. The Bertz CT molecular complexity index is 2080. The van der Waals surface area contributed by atoms with E-state index in [-0.39, 0.29) is 0 Å². The number of aromatic nitrogens is 3. The van der Waals surface area contributed by atoms with Crippen molar-refractivity contribution < 1.29 is 0 Å². The van der Waals surface area contributed by atoms with Gasteiger partial charge in [0.2, 0.25) is 0 Å². The van der Waals surface area contributed by atoms with Crippen LogP contribution in [0.15, 0.2) is 170 Å². The third-order valence-electron chi connectivity index (χ3n) is 7.86. The summed E-state index contributed by atoms with van der Waals surface area (Å²) in [5, 5.41) is 2.54. The molecule has 0 aliphatic carbocycles. The molecule has 0 amide bonds. The molecule has 0 N–H and O–H groups in total. The predicted octanol–water partition coefficient (Wildman–Crippen LogP) is 10.4. The van der Waals surface area contributed by atoms with E-state index in [4.69, 9.17) is 9.97 Å². The Morgan fingerprint density at radius 2 is 1.05 bits per heavy atom.